The van der Waals surface area contributed by atoms with Crippen LogP contribution in [0.1, 0.15) is 17.0 Å². The lowest BCUT2D eigenvalue weighted by Gasteiger charge is -2.12. The molecule has 0 saturated carbocycles. The van der Waals surface area contributed by atoms with Crippen molar-refractivity contribution < 1.29 is 20.4 Å². The van der Waals surface area contributed by atoms with Gasteiger partial charge in [-0.05, 0) is 16.7 Å². The van der Waals surface area contributed by atoms with Crippen LogP contribution in [-0.2, 0) is 0 Å². The summed E-state index contributed by atoms with van der Waals surface area (Å²) in [7, 11) is 0. The Bertz CT molecular complexity index is 352. The highest BCUT2D eigenvalue weighted by Gasteiger charge is 2.09. The first-order valence-corrected chi connectivity index (χ1v) is 5.49. The first-order valence-electron chi connectivity index (χ1n) is 5.49. The van der Waals surface area contributed by atoms with Gasteiger partial charge in [0, 0.05) is 5.92 Å². The standard InChI is InChI=1S/C13H18O4/c14-6-5-12(7-15)10-1-3-11(4-2-10)13(8-16)9-17/h1-5,13-17H,6-9H2/b12-5+. The quantitative estimate of drug-likeness (QED) is 0.567. The van der Waals surface area contributed by atoms with Crippen LogP contribution in [0.3, 0.4) is 0 Å². The predicted octanol–water partition coefficient (Wildman–Crippen LogP) is 0.123. The molecule has 1 rings (SSSR count). The molecule has 94 valence electrons. The van der Waals surface area contributed by atoms with Crippen LogP contribution in [0.2, 0.25) is 0 Å². The van der Waals surface area contributed by atoms with Crippen molar-refractivity contribution in [3.8, 4) is 0 Å². The molecular weight excluding hydrogens is 220 g/mol. The molecule has 0 aromatic heterocycles. The van der Waals surface area contributed by atoms with Gasteiger partial charge in [0.05, 0.1) is 26.4 Å². The Morgan fingerprint density at radius 2 is 1.59 bits per heavy atom. The Kier molecular flexibility index (Phi) is 5.86. The van der Waals surface area contributed by atoms with E-state index in [4.69, 9.17) is 20.4 Å². The van der Waals surface area contributed by atoms with Crippen LogP contribution in [0.25, 0.3) is 5.57 Å². The van der Waals surface area contributed by atoms with Gasteiger partial charge in [-0.25, -0.2) is 0 Å². The van der Waals surface area contributed by atoms with Crippen LogP contribution in [0.15, 0.2) is 30.3 Å². The fraction of sp³-hybridized carbons (Fsp3) is 0.385. The molecule has 4 N–H and O–H groups in total. The molecule has 4 heteroatoms. The Morgan fingerprint density at radius 3 is 2.00 bits per heavy atom. The van der Waals surface area contributed by atoms with E-state index in [1.54, 1.807) is 30.3 Å². The van der Waals surface area contributed by atoms with Crippen molar-refractivity contribution in [1.82, 2.24) is 0 Å². The first-order chi connectivity index (χ1) is 8.26. The van der Waals surface area contributed by atoms with Gasteiger partial charge < -0.3 is 20.4 Å². The van der Waals surface area contributed by atoms with Crippen molar-refractivity contribution in [2.75, 3.05) is 26.4 Å². The summed E-state index contributed by atoms with van der Waals surface area (Å²) in [6.07, 6.45) is 1.55. The zero-order valence-electron chi connectivity index (χ0n) is 9.58. The number of aliphatic hydroxyl groups excluding tert-OH is 4. The molecule has 1 aromatic rings. The summed E-state index contributed by atoms with van der Waals surface area (Å²) >= 11 is 0. The van der Waals surface area contributed by atoms with E-state index in [1.807, 2.05) is 0 Å². The molecule has 0 amide bonds. The molecule has 0 radical (unpaired) electrons. The summed E-state index contributed by atoms with van der Waals surface area (Å²) in [6, 6.07) is 7.19. The maximum atomic E-state index is 9.12. The average Bonchev–Trinajstić information content (AvgIpc) is 2.38. The highest BCUT2D eigenvalue weighted by atomic mass is 16.3. The summed E-state index contributed by atoms with van der Waals surface area (Å²) in [5.41, 5.74) is 2.32. The Morgan fingerprint density at radius 1 is 1.00 bits per heavy atom. The molecular formula is C13H18O4. The zero-order chi connectivity index (χ0) is 12.7. The molecule has 0 bridgehead atoms. The summed E-state index contributed by atoms with van der Waals surface area (Å²) in [5, 5.41) is 36.0. The minimum atomic E-state index is -0.275. The third-order valence-corrected chi connectivity index (χ3v) is 2.70. The van der Waals surface area contributed by atoms with Gasteiger partial charge in [0.2, 0.25) is 0 Å². The van der Waals surface area contributed by atoms with E-state index in [2.05, 4.69) is 0 Å². The second-order valence-corrected chi connectivity index (χ2v) is 3.75. The van der Waals surface area contributed by atoms with Gasteiger partial charge in [0.15, 0.2) is 0 Å². The maximum Gasteiger partial charge on any atom is 0.0685 e. The molecule has 0 heterocycles. The van der Waals surface area contributed by atoms with Crippen molar-refractivity contribution in [1.29, 1.82) is 0 Å². The first kappa shape index (κ1) is 13.9. The van der Waals surface area contributed by atoms with Crippen LogP contribution in [0.5, 0.6) is 0 Å². The van der Waals surface area contributed by atoms with Gasteiger partial charge in [-0.3, -0.25) is 0 Å². The maximum absolute atomic E-state index is 9.12. The van der Waals surface area contributed by atoms with Gasteiger partial charge in [-0.2, -0.15) is 0 Å². The van der Waals surface area contributed by atoms with Crippen LogP contribution in [-0.4, -0.2) is 46.9 Å². The van der Waals surface area contributed by atoms with Crippen LogP contribution in [0, 0.1) is 0 Å². The highest BCUT2D eigenvalue weighted by molar-refractivity contribution is 5.66. The molecule has 0 saturated heterocycles. The van der Waals surface area contributed by atoms with Gasteiger partial charge >= 0.3 is 0 Å². The summed E-state index contributed by atoms with van der Waals surface area (Å²) in [5.74, 6) is -0.275. The molecule has 0 aliphatic carbocycles. The normalized spacial score (nSPS) is 12.2. The van der Waals surface area contributed by atoms with Crippen molar-refractivity contribution in [2.45, 2.75) is 5.92 Å². The van der Waals surface area contributed by atoms with Crippen LogP contribution < -0.4 is 0 Å². The molecule has 1 aromatic carbocycles. The fourth-order valence-corrected chi connectivity index (χ4v) is 1.62. The number of hydrogen-bond acceptors (Lipinski definition) is 4. The minimum absolute atomic E-state index is 0.102. The highest BCUT2D eigenvalue weighted by Crippen LogP contribution is 2.19. The topological polar surface area (TPSA) is 80.9 Å². The Labute approximate surface area is 100 Å². The molecule has 0 fully saturated rings. The number of benzene rings is 1. The van der Waals surface area contributed by atoms with Gasteiger partial charge in [-0.15, -0.1) is 0 Å². The van der Waals surface area contributed by atoms with E-state index < -0.39 is 0 Å². The number of rotatable bonds is 6. The van der Waals surface area contributed by atoms with Crippen molar-refractivity contribution in [3.05, 3.63) is 41.5 Å². The average molecular weight is 238 g/mol. The van der Waals surface area contributed by atoms with Crippen LogP contribution >= 0.6 is 0 Å². The van der Waals surface area contributed by atoms with Crippen LogP contribution in [0.4, 0.5) is 0 Å². The Hall–Kier alpha value is -1.20. The van der Waals surface area contributed by atoms with E-state index >= 15 is 0 Å². The van der Waals surface area contributed by atoms with E-state index in [9.17, 15) is 0 Å². The number of aliphatic hydroxyl groups is 4. The largest absolute Gasteiger partial charge is 0.396 e. The van der Waals surface area contributed by atoms with Gasteiger partial charge in [0.25, 0.3) is 0 Å². The molecule has 0 aliphatic heterocycles. The van der Waals surface area contributed by atoms with Gasteiger partial charge in [-0.1, -0.05) is 30.3 Å². The molecule has 0 spiro atoms. The molecule has 4 nitrogen and oxygen atoms in total. The second kappa shape index (κ2) is 7.19. The number of hydrogen-bond donors (Lipinski definition) is 4. The molecule has 17 heavy (non-hydrogen) atoms. The lowest BCUT2D eigenvalue weighted by molar-refractivity contribution is 0.192. The summed E-state index contributed by atoms with van der Waals surface area (Å²) < 4.78 is 0. The third-order valence-electron chi connectivity index (χ3n) is 2.70. The lowest BCUT2D eigenvalue weighted by Crippen LogP contribution is -2.08. The molecule has 0 aliphatic rings. The summed E-state index contributed by atoms with van der Waals surface area (Å²) in [6.45, 7) is -0.457. The van der Waals surface area contributed by atoms with Crippen molar-refractivity contribution in [2.24, 2.45) is 0 Å². The monoisotopic (exact) mass is 238 g/mol. The SMILES string of the molecule is OC/C=C(\CO)c1ccc(C(CO)CO)cc1. The van der Waals surface area contributed by atoms with Gasteiger partial charge in [0.1, 0.15) is 0 Å². The van der Waals surface area contributed by atoms with E-state index in [0.717, 1.165) is 11.1 Å². The predicted molar refractivity (Wildman–Crippen MR) is 65.5 cm³/mol. The fourth-order valence-electron chi connectivity index (χ4n) is 1.62. The van der Waals surface area contributed by atoms with E-state index in [0.29, 0.717) is 5.57 Å². The zero-order valence-corrected chi connectivity index (χ0v) is 9.58. The minimum Gasteiger partial charge on any atom is -0.396 e. The second-order valence-electron chi connectivity index (χ2n) is 3.75. The smallest absolute Gasteiger partial charge is 0.0685 e. The lowest BCUT2D eigenvalue weighted by atomic mass is 9.97. The Balaban J connectivity index is 2.90. The molecule has 0 atom stereocenters. The third kappa shape index (κ3) is 3.64. The van der Waals surface area contributed by atoms with Crippen molar-refractivity contribution in [3.63, 3.8) is 0 Å². The van der Waals surface area contributed by atoms with E-state index in [-0.39, 0.29) is 32.3 Å². The molecule has 0 unspecified atom stereocenters. The van der Waals surface area contributed by atoms with Crippen molar-refractivity contribution >= 4 is 5.57 Å². The van der Waals surface area contributed by atoms with E-state index in [1.165, 1.54) is 0 Å². The summed E-state index contributed by atoms with van der Waals surface area (Å²) in [4.78, 5) is 0.